The van der Waals surface area contributed by atoms with Crippen LogP contribution in [0.3, 0.4) is 0 Å². The van der Waals surface area contributed by atoms with E-state index < -0.39 is 5.82 Å². The van der Waals surface area contributed by atoms with E-state index in [4.69, 9.17) is 22.1 Å². The molecule has 5 aromatic rings. The number of fused-ring (bicyclic) bond motifs is 1. The predicted octanol–water partition coefficient (Wildman–Crippen LogP) is 6.17. The second-order valence-electron chi connectivity index (χ2n) is 8.78. The molecule has 0 aliphatic carbocycles. The van der Waals surface area contributed by atoms with Crippen LogP contribution in [0.1, 0.15) is 11.3 Å². The van der Waals surface area contributed by atoms with E-state index in [0.717, 1.165) is 17.5 Å². The lowest BCUT2D eigenvalue weighted by Crippen LogP contribution is -2.06. The number of rotatable bonds is 6. The summed E-state index contributed by atoms with van der Waals surface area (Å²) in [5.41, 5.74) is 11.0. The minimum Gasteiger partial charge on any atom is -0.423 e. The maximum Gasteiger partial charge on any atom is 0.322 e. The number of aromatic nitrogens is 4. The van der Waals surface area contributed by atoms with Crippen molar-refractivity contribution in [3.05, 3.63) is 89.6 Å². The Morgan fingerprint density at radius 3 is 2.58 bits per heavy atom. The van der Waals surface area contributed by atoms with Crippen LogP contribution in [0.5, 0.6) is 11.8 Å². The number of hydrogen-bond acceptors (Lipinski definition) is 7. The number of anilines is 2. The van der Waals surface area contributed by atoms with Gasteiger partial charge >= 0.3 is 6.01 Å². The zero-order valence-corrected chi connectivity index (χ0v) is 22.1. The third-order valence-electron chi connectivity index (χ3n) is 6.29. The number of halogens is 2. The minimum absolute atomic E-state index is 0.0462. The number of amides is 1. The Morgan fingerprint density at radius 2 is 1.93 bits per heavy atom. The molecule has 0 radical (unpaired) electrons. The van der Waals surface area contributed by atoms with Gasteiger partial charge in [0.2, 0.25) is 5.91 Å². The maximum atomic E-state index is 13.6. The van der Waals surface area contributed by atoms with E-state index in [1.165, 1.54) is 19.2 Å². The zero-order valence-electron chi connectivity index (χ0n) is 21.4. The lowest BCUT2D eigenvalue weighted by Gasteiger charge is -2.12. The average Bonchev–Trinajstić information content (AvgIpc) is 3.26. The second kappa shape index (κ2) is 10.5. The Labute approximate surface area is 233 Å². The van der Waals surface area contributed by atoms with Crippen molar-refractivity contribution in [2.24, 2.45) is 7.05 Å². The van der Waals surface area contributed by atoms with E-state index in [1.54, 1.807) is 30.3 Å². The molecule has 0 unspecified atom stereocenters. The lowest BCUT2D eigenvalue weighted by atomic mass is 9.97. The first-order valence-corrected chi connectivity index (χ1v) is 12.3. The van der Waals surface area contributed by atoms with Gasteiger partial charge in [0.1, 0.15) is 17.6 Å². The number of nitriles is 1. The smallest absolute Gasteiger partial charge is 0.322 e. The van der Waals surface area contributed by atoms with E-state index >= 15 is 0 Å². The van der Waals surface area contributed by atoms with E-state index in [0.29, 0.717) is 33.3 Å². The molecule has 0 aliphatic rings. The van der Waals surface area contributed by atoms with Crippen LogP contribution in [0.25, 0.3) is 33.3 Å². The molecule has 0 atom stereocenters. The van der Waals surface area contributed by atoms with Crippen LogP contribution < -0.4 is 15.8 Å². The van der Waals surface area contributed by atoms with Gasteiger partial charge in [0.15, 0.2) is 5.82 Å². The van der Waals surface area contributed by atoms with Crippen molar-refractivity contribution in [2.75, 3.05) is 11.1 Å². The van der Waals surface area contributed by atoms with Gasteiger partial charge in [-0.15, -0.1) is 0 Å². The average molecular weight is 554 g/mol. The predicted molar refractivity (Wildman–Crippen MR) is 151 cm³/mol. The number of nitrogens with two attached hydrogens (primary N) is 1. The summed E-state index contributed by atoms with van der Waals surface area (Å²) in [6.07, 6.45) is 3.66. The fraction of sp³-hybridized carbons (Fsp3) is 0.0690. The fourth-order valence-electron chi connectivity index (χ4n) is 4.43. The molecular formula is C29H21ClFN7O2. The number of carbonyl (C=O) groups is 1. The molecule has 2 aromatic carbocycles. The van der Waals surface area contributed by atoms with Crippen molar-refractivity contribution in [2.45, 2.75) is 6.92 Å². The van der Waals surface area contributed by atoms with Crippen molar-refractivity contribution < 1.29 is 13.9 Å². The first-order chi connectivity index (χ1) is 19.2. The molecule has 0 fully saturated rings. The van der Waals surface area contributed by atoms with Crippen molar-refractivity contribution in [3.8, 4) is 40.2 Å². The number of carbonyl (C=O) groups excluding carboxylic acids is 1. The molecule has 11 heteroatoms. The number of nitrogens with zero attached hydrogens (tertiary/aromatic N) is 5. The topological polar surface area (TPSA) is 132 Å². The molecule has 3 heterocycles. The van der Waals surface area contributed by atoms with Crippen LogP contribution >= 0.6 is 11.6 Å². The van der Waals surface area contributed by atoms with Crippen LogP contribution in [0, 0.1) is 24.1 Å². The highest BCUT2D eigenvalue weighted by Crippen LogP contribution is 2.45. The summed E-state index contributed by atoms with van der Waals surface area (Å²) in [5.74, 6) is -0.360. The molecule has 0 spiro atoms. The molecule has 40 heavy (non-hydrogen) atoms. The summed E-state index contributed by atoms with van der Waals surface area (Å²) < 4.78 is 21.2. The third kappa shape index (κ3) is 4.70. The van der Waals surface area contributed by atoms with Crippen LogP contribution in [0.4, 0.5) is 15.9 Å². The number of nitrogens with one attached hydrogen (secondary N) is 1. The van der Waals surface area contributed by atoms with E-state index in [9.17, 15) is 14.4 Å². The SMILES string of the molecule is C=CC(=O)Nc1ccc(-c2c(-c3ccc(Oc4ncc(F)c(C)n4)c(Cl)c3)c3c(N)ncc(C#N)c3n2C)cc1. The minimum atomic E-state index is -0.545. The fourth-order valence-corrected chi connectivity index (χ4v) is 4.65. The van der Waals surface area contributed by atoms with Gasteiger partial charge in [-0.3, -0.25) is 4.79 Å². The van der Waals surface area contributed by atoms with Crippen molar-refractivity contribution >= 4 is 39.9 Å². The summed E-state index contributed by atoms with van der Waals surface area (Å²) in [5, 5.41) is 13.4. The van der Waals surface area contributed by atoms with Gasteiger partial charge in [0, 0.05) is 24.5 Å². The monoisotopic (exact) mass is 553 g/mol. The number of hydrogen-bond donors (Lipinski definition) is 2. The number of aryl methyl sites for hydroxylation is 2. The molecule has 198 valence electrons. The Morgan fingerprint density at radius 1 is 1.20 bits per heavy atom. The molecule has 0 bridgehead atoms. The molecule has 3 aromatic heterocycles. The van der Waals surface area contributed by atoms with Gasteiger partial charge in [-0.2, -0.15) is 10.2 Å². The van der Waals surface area contributed by atoms with Gasteiger partial charge in [0.25, 0.3) is 0 Å². The first kappa shape index (κ1) is 26.3. The van der Waals surface area contributed by atoms with Crippen LogP contribution in [0.15, 0.2) is 67.5 Å². The van der Waals surface area contributed by atoms with E-state index in [-0.39, 0.29) is 34.2 Å². The second-order valence-corrected chi connectivity index (χ2v) is 9.19. The van der Waals surface area contributed by atoms with Gasteiger partial charge in [0.05, 0.1) is 39.1 Å². The summed E-state index contributed by atoms with van der Waals surface area (Å²) in [7, 11) is 1.84. The van der Waals surface area contributed by atoms with Crippen LogP contribution in [-0.4, -0.2) is 25.4 Å². The molecule has 1 amide bonds. The summed E-state index contributed by atoms with van der Waals surface area (Å²) in [4.78, 5) is 23.8. The molecule has 0 saturated carbocycles. The van der Waals surface area contributed by atoms with E-state index in [1.807, 2.05) is 23.7 Å². The van der Waals surface area contributed by atoms with Gasteiger partial charge in [-0.1, -0.05) is 36.4 Å². The number of benzene rings is 2. The summed E-state index contributed by atoms with van der Waals surface area (Å²) >= 11 is 6.63. The Kier molecular flexibility index (Phi) is 6.90. The van der Waals surface area contributed by atoms with Crippen molar-refractivity contribution in [1.29, 1.82) is 5.26 Å². The molecule has 9 nitrogen and oxygen atoms in total. The highest BCUT2D eigenvalue weighted by atomic mass is 35.5. The number of ether oxygens (including phenoxy) is 1. The van der Waals surface area contributed by atoms with Crippen molar-refractivity contribution in [1.82, 2.24) is 19.5 Å². The Balaban J connectivity index is 1.67. The molecular weight excluding hydrogens is 533 g/mol. The Hall–Kier alpha value is -5.27. The molecule has 0 aliphatic heterocycles. The largest absolute Gasteiger partial charge is 0.423 e. The maximum absolute atomic E-state index is 13.6. The first-order valence-electron chi connectivity index (χ1n) is 11.9. The third-order valence-corrected chi connectivity index (χ3v) is 6.58. The number of pyridine rings is 1. The van der Waals surface area contributed by atoms with Crippen molar-refractivity contribution in [3.63, 3.8) is 0 Å². The van der Waals surface area contributed by atoms with E-state index in [2.05, 4.69) is 32.9 Å². The lowest BCUT2D eigenvalue weighted by molar-refractivity contribution is -0.111. The Bertz CT molecular complexity index is 1860. The number of nitrogen functional groups attached to an aromatic ring is 1. The van der Waals surface area contributed by atoms with Crippen LogP contribution in [0.2, 0.25) is 5.02 Å². The van der Waals surface area contributed by atoms with Gasteiger partial charge < -0.3 is 20.4 Å². The summed E-state index contributed by atoms with van der Waals surface area (Å²) in [6.45, 7) is 4.97. The standard InChI is InChI=1S/C29H21ClFN7O2/c1-4-23(39)37-19-8-5-16(6-9-19)26-24(25-27(38(26)3)18(12-32)13-34-28(25)33)17-7-10-22(20(30)11-17)40-29-35-14-21(31)15(2)36-29/h4-11,13-14H,1H2,2-3H3,(H2,33,34)(H,37,39). The summed E-state index contributed by atoms with van der Waals surface area (Å²) in [6, 6.07) is 14.5. The van der Waals surface area contributed by atoms with Gasteiger partial charge in [-0.05, 0) is 48.4 Å². The van der Waals surface area contributed by atoms with Crippen LogP contribution in [-0.2, 0) is 11.8 Å². The van der Waals surface area contributed by atoms with Gasteiger partial charge in [-0.25, -0.2) is 14.4 Å². The quantitative estimate of drug-likeness (QED) is 0.240. The molecule has 5 rings (SSSR count). The highest BCUT2D eigenvalue weighted by Gasteiger charge is 2.24. The molecule has 0 saturated heterocycles. The molecule has 3 N–H and O–H groups in total. The normalized spacial score (nSPS) is 10.8. The zero-order chi connectivity index (χ0) is 28.6. The highest BCUT2D eigenvalue weighted by molar-refractivity contribution is 6.32.